The molecule has 7 heteroatoms. The molecule has 2 rings (SSSR count). The molecular weight excluding hydrogens is 304 g/mol. The number of anilines is 1. The summed E-state index contributed by atoms with van der Waals surface area (Å²) in [5.74, 6) is 0.328. The van der Waals surface area contributed by atoms with E-state index in [9.17, 15) is 13.2 Å². The molecule has 1 saturated heterocycles. The molecule has 1 aromatic carbocycles. The Morgan fingerprint density at radius 2 is 1.95 bits per heavy atom. The summed E-state index contributed by atoms with van der Waals surface area (Å²) in [4.78, 5) is 13.6. The van der Waals surface area contributed by atoms with Crippen LogP contribution in [-0.2, 0) is 19.6 Å². The maximum Gasteiger partial charge on any atom is 0.253 e. The highest BCUT2D eigenvalue weighted by molar-refractivity contribution is 7.89. The first-order valence-corrected chi connectivity index (χ1v) is 8.86. The number of rotatable bonds is 6. The molecule has 1 heterocycles. The van der Waals surface area contributed by atoms with Gasteiger partial charge >= 0.3 is 0 Å². The molecule has 0 radical (unpaired) electrons. The minimum Gasteiger partial charge on any atom is -0.370 e. The highest BCUT2D eigenvalue weighted by Gasteiger charge is 2.21. The number of benzene rings is 1. The van der Waals surface area contributed by atoms with Crippen molar-refractivity contribution in [1.29, 1.82) is 0 Å². The van der Waals surface area contributed by atoms with Crippen LogP contribution in [0.2, 0.25) is 0 Å². The van der Waals surface area contributed by atoms with Crippen LogP contribution in [0, 0.1) is 5.92 Å². The van der Waals surface area contributed by atoms with Crippen LogP contribution in [0.1, 0.15) is 20.3 Å². The summed E-state index contributed by atoms with van der Waals surface area (Å²) in [6.07, 6.45) is 0.791. The predicted molar refractivity (Wildman–Crippen MR) is 84.3 cm³/mol. The number of ether oxygens (including phenoxy) is 1. The summed E-state index contributed by atoms with van der Waals surface area (Å²) in [5, 5.41) is 0. The van der Waals surface area contributed by atoms with Gasteiger partial charge in [0.25, 0.3) is 5.91 Å². The lowest BCUT2D eigenvalue weighted by atomic mass is 10.1. The zero-order valence-electron chi connectivity index (χ0n) is 12.9. The van der Waals surface area contributed by atoms with Crippen molar-refractivity contribution in [1.82, 2.24) is 4.72 Å². The smallest absolute Gasteiger partial charge is 0.253 e. The third-order valence-corrected chi connectivity index (χ3v) is 4.94. The minimum absolute atomic E-state index is 0.0663. The van der Waals surface area contributed by atoms with Crippen LogP contribution in [-0.4, -0.2) is 40.6 Å². The van der Waals surface area contributed by atoms with Gasteiger partial charge in [0.2, 0.25) is 10.0 Å². The predicted octanol–water partition coefficient (Wildman–Crippen LogP) is 1.37. The van der Waals surface area contributed by atoms with Crippen LogP contribution in [0.4, 0.5) is 5.69 Å². The second-order valence-electron chi connectivity index (χ2n) is 5.67. The van der Waals surface area contributed by atoms with E-state index in [-0.39, 0.29) is 17.4 Å². The Kier molecular flexibility index (Phi) is 5.55. The van der Waals surface area contributed by atoms with Crippen LogP contribution >= 0.6 is 0 Å². The second-order valence-corrected chi connectivity index (χ2v) is 7.44. The Hall–Kier alpha value is -1.44. The molecule has 22 heavy (non-hydrogen) atoms. The molecule has 0 aromatic heterocycles. The number of hydrogen-bond acceptors (Lipinski definition) is 4. The van der Waals surface area contributed by atoms with Crippen molar-refractivity contribution < 1.29 is 17.9 Å². The van der Waals surface area contributed by atoms with E-state index in [1.807, 2.05) is 13.8 Å². The van der Waals surface area contributed by atoms with E-state index in [1.54, 1.807) is 17.0 Å². The SMILES string of the molecule is CC(C)CCNS(=O)(=O)c1ccc(N2CCOCC2=O)cc1. The Bertz CT molecular complexity index is 611. The zero-order chi connectivity index (χ0) is 16.2. The lowest BCUT2D eigenvalue weighted by Crippen LogP contribution is -2.41. The van der Waals surface area contributed by atoms with Crippen LogP contribution < -0.4 is 9.62 Å². The Morgan fingerprint density at radius 1 is 1.27 bits per heavy atom. The molecule has 1 N–H and O–H groups in total. The number of morpholine rings is 1. The standard InChI is InChI=1S/C15H22N2O4S/c1-12(2)7-8-16-22(19,20)14-5-3-13(4-6-14)17-9-10-21-11-15(17)18/h3-6,12,16H,7-11H2,1-2H3. The van der Waals surface area contributed by atoms with Crippen molar-refractivity contribution in [3.05, 3.63) is 24.3 Å². The minimum atomic E-state index is -3.50. The first kappa shape index (κ1) is 16.9. The number of carbonyl (C=O) groups excluding carboxylic acids is 1. The monoisotopic (exact) mass is 326 g/mol. The first-order valence-electron chi connectivity index (χ1n) is 7.38. The fourth-order valence-electron chi connectivity index (χ4n) is 2.16. The van der Waals surface area contributed by atoms with Crippen molar-refractivity contribution in [2.75, 3.05) is 31.2 Å². The highest BCUT2D eigenvalue weighted by Crippen LogP contribution is 2.19. The van der Waals surface area contributed by atoms with E-state index in [1.165, 1.54) is 12.1 Å². The molecule has 0 saturated carbocycles. The fraction of sp³-hybridized carbons (Fsp3) is 0.533. The topological polar surface area (TPSA) is 75.7 Å². The van der Waals surface area contributed by atoms with E-state index in [0.717, 1.165) is 6.42 Å². The first-order chi connectivity index (χ1) is 10.4. The van der Waals surface area contributed by atoms with Gasteiger partial charge in [-0.2, -0.15) is 0 Å². The molecule has 6 nitrogen and oxygen atoms in total. The summed E-state index contributed by atoms with van der Waals surface area (Å²) in [6.45, 7) is 5.55. The van der Waals surface area contributed by atoms with Gasteiger partial charge in [-0.05, 0) is 36.6 Å². The summed E-state index contributed by atoms with van der Waals surface area (Å²) < 4.78 is 32.0. The highest BCUT2D eigenvalue weighted by atomic mass is 32.2. The number of hydrogen-bond donors (Lipinski definition) is 1. The van der Waals surface area contributed by atoms with Gasteiger partial charge in [0.05, 0.1) is 11.5 Å². The van der Waals surface area contributed by atoms with Crippen LogP contribution in [0.15, 0.2) is 29.2 Å². The quantitative estimate of drug-likeness (QED) is 0.857. The van der Waals surface area contributed by atoms with Crippen molar-refractivity contribution in [3.63, 3.8) is 0 Å². The lowest BCUT2D eigenvalue weighted by Gasteiger charge is -2.26. The van der Waals surface area contributed by atoms with Gasteiger partial charge in [-0.25, -0.2) is 13.1 Å². The van der Waals surface area contributed by atoms with E-state index < -0.39 is 10.0 Å². The van der Waals surface area contributed by atoms with Gasteiger partial charge in [0.1, 0.15) is 6.61 Å². The fourth-order valence-corrected chi connectivity index (χ4v) is 3.21. The summed E-state index contributed by atoms with van der Waals surface area (Å²) in [7, 11) is -3.50. The van der Waals surface area contributed by atoms with Crippen molar-refractivity contribution in [2.24, 2.45) is 5.92 Å². The Labute approximate surface area is 131 Å². The number of nitrogens with zero attached hydrogens (tertiary/aromatic N) is 1. The van der Waals surface area contributed by atoms with Gasteiger partial charge in [-0.3, -0.25) is 4.79 Å². The number of amides is 1. The van der Waals surface area contributed by atoms with Crippen molar-refractivity contribution in [3.8, 4) is 0 Å². The van der Waals surface area contributed by atoms with E-state index >= 15 is 0 Å². The molecule has 0 spiro atoms. The molecule has 1 aliphatic heterocycles. The molecule has 1 fully saturated rings. The Balaban J connectivity index is 2.06. The molecule has 1 aliphatic rings. The van der Waals surface area contributed by atoms with Gasteiger partial charge in [0, 0.05) is 18.8 Å². The molecule has 0 unspecified atom stereocenters. The molecule has 0 bridgehead atoms. The van der Waals surface area contributed by atoms with Crippen molar-refractivity contribution >= 4 is 21.6 Å². The molecule has 0 aliphatic carbocycles. The zero-order valence-corrected chi connectivity index (χ0v) is 13.7. The molecular formula is C15H22N2O4S. The number of carbonyl (C=O) groups is 1. The number of nitrogens with one attached hydrogen (secondary N) is 1. The summed E-state index contributed by atoms with van der Waals surface area (Å²) in [5.41, 5.74) is 0.689. The average molecular weight is 326 g/mol. The van der Waals surface area contributed by atoms with Crippen LogP contribution in [0.5, 0.6) is 0 Å². The summed E-state index contributed by atoms with van der Waals surface area (Å²) in [6, 6.07) is 6.35. The van der Waals surface area contributed by atoms with Gasteiger partial charge in [0.15, 0.2) is 0 Å². The largest absolute Gasteiger partial charge is 0.370 e. The van der Waals surface area contributed by atoms with Gasteiger partial charge < -0.3 is 9.64 Å². The third-order valence-electron chi connectivity index (χ3n) is 3.46. The summed E-state index contributed by atoms with van der Waals surface area (Å²) >= 11 is 0. The van der Waals surface area contributed by atoms with E-state index in [2.05, 4.69) is 4.72 Å². The van der Waals surface area contributed by atoms with Crippen LogP contribution in [0.25, 0.3) is 0 Å². The third kappa shape index (κ3) is 4.28. The maximum atomic E-state index is 12.2. The molecule has 1 aromatic rings. The van der Waals surface area contributed by atoms with Gasteiger partial charge in [-0.1, -0.05) is 13.8 Å². The second kappa shape index (κ2) is 7.21. The van der Waals surface area contributed by atoms with Crippen molar-refractivity contribution in [2.45, 2.75) is 25.2 Å². The molecule has 122 valence electrons. The van der Waals surface area contributed by atoms with E-state index in [0.29, 0.717) is 31.3 Å². The normalized spacial score (nSPS) is 16.3. The lowest BCUT2D eigenvalue weighted by molar-refractivity contribution is -0.125. The average Bonchev–Trinajstić information content (AvgIpc) is 2.47. The van der Waals surface area contributed by atoms with Crippen LogP contribution in [0.3, 0.4) is 0 Å². The maximum absolute atomic E-state index is 12.2. The number of sulfonamides is 1. The molecule has 1 amide bonds. The Morgan fingerprint density at radius 3 is 2.55 bits per heavy atom. The van der Waals surface area contributed by atoms with Gasteiger partial charge in [-0.15, -0.1) is 0 Å². The molecule has 0 atom stereocenters. The van der Waals surface area contributed by atoms with E-state index in [4.69, 9.17) is 4.74 Å².